The number of hydrogen-bond donors (Lipinski definition) is 1. The molecule has 0 unspecified atom stereocenters. The van der Waals surface area contributed by atoms with E-state index in [0.717, 1.165) is 23.6 Å². The van der Waals surface area contributed by atoms with Gasteiger partial charge in [-0.3, -0.25) is 4.79 Å². The van der Waals surface area contributed by atoms with Crippen molar-refractivity contribution in [1.82, 2.24) is 4.98 Å². The standard InChI is InChI=1S/C22H24N2OS/c25-21(13-10-16-6-2-1-3-7-16)24-22-23-20(15-26-22)19-12-11-17-8-4-5-9-18(17)14-19/h4-5,8-9,11-12,14-16H,1-3,6-7,10,13H2,(H,23,24,25). The van der Waals surface area contributed by atoms with E-state index >= 15 is 0 Å². The maximum absolute atomic E-state index is 12.2. The van der Waals surface area contributed by atoms with Gasteiger partial charge in [-0.2, -0.15) is 0 Å². The number of nitrogens with zero attached hydrogens (tertiary/aromatic N) is 1. The zero-order valence-electron chi connectivity index (χ0n) is 14.9. The fraction of sp³-hybridized carbons (Fsp3) is 0.364. The lowest BCUT2D eigenvalue weighted by molar-refractivity contribution is -0.116. The molecule has 1 amide bonds. The summed E-state index contributed by atoms with van der Waals surface area (Å²) in [6, 6.07) is 14.7. The molecular weight excluding hydrogens is 340 g/mol. The van der Waals surface area contributed by atoms with Crippen LogP contribution in [0.4, 0.5) is 5.13 Å². The van der Waals surface area contributed by atoms with E-state index in [-0.39, 0.29) is 5.91 Å². The fourth-order valence-electron chi connectivity index (χ4n) is 3.81. The van der Waals surface area contributed by atoms with E-state index in [0.29, 0.717) is 11.6 Å². The zero-order chi connectivity index (χ0) is 17.8. The highest BCUT2D eigenvalue weighted by atomic mass is 32.1. The molecule has 1 heterocycles. The van der Waals surface area contributed by atoms with Crippen molar-refractivity contribution in [3.8, 4) is 11.3 Å². The molecule has 1 aromatic heterocycles. The van der Waals surface area contributed by atoms with Crippen LogP contribution in [0.15, 0.2) is 47.8 Å². The van der Waals surface area contributed by atoms with Gasteiger partial charge in [-0.05, 0) is 29.2 Å². The Morgan fingerprint density at radius 1 is 1.08 bits per heavy atom. The Kier molecular flexibility index (Phi) is 5.30. The van der Waals surface area contributed by atoms with Crippen molar-refractivity contribution in [2.75, 3.05) is 5.32 Å². The Labute approximate surface area is 158 Å². The van der Waals surface area contributed by atoms with Crippen molar-refractivity contribution in [2.24, 2.45) is 5.92 Å². The van der Waals surface area contributed by atoms with Crippen molar-refractivity contribution in [1.29, 1.82) is 0 Å². The number of amides is 1. The summed E-state index contributed by atoms with van der Waals surface area (Å²) in [7, 11) is 0. The SMILES string of the molecule is O=C(CCC1CCCCC1)Nc1nc(-c2ccc3ccccc3c2)cs1. The number of fused-ring (bicyclic) bond motifs is 1. The molecule has 134 valence electrons. The smallest absolute Gasteiger partial charge is 0.226 e. The predicted molar refractivity (Wildman–Crippen MR) is 109 cm³/mol. The summed E-state index contributed by atoms with van der Waals surface area (Å²) in [6.45, 7) is 0. The number of nitrogens with one attached hydrogen (secondary N) is 1. The number of rotatable bonds is 5. The van der Waals surface area contributed by atoms with Crippen molar-refractivity contribution in [3.05, 3.63) is 47.8 Å². The zero-order valence-corrected chi connectivity index (χ0v) is 15.7. The van der Waals surface area contributed by atoms with Crippen LogP contribution in [-0.2, 0) is 4.79 Å². The van der Waals surface area contributed by atoms with E-state index in [1.54, 1.807) is 0 Å². The molecule has 0 bridgehead atoms. The summed E-state index contributed by atoms with van der Waals surface area (Å²) in [6.07, 6.45) is 8.21. The average Bonchev–Trinajstić information content (AvgIpc) is 3.15. The van der Waals surface area contributed by atoms with Gasteiger partial charge in [0.25, 0.3) is 0 Å². The molecule has 0 radical (unpaired) electrons. The third-order valence-electron chi connectivity index (χ3n) is 5.30. The number of carbonyl (C=O) groups is 1. The second kappa shape index (κ2) is 8.00. The van der Waals surface area contributed by atoms with Gasteiger partial charge in [0.15, 0.2) is 5.13 Å². The molecule has 0 aliphatic heterocycles. The Bertz CT molecular complexity index is 896. The van der Waals surface area contributed by atoms with Crippen LogP contribution in [0.3, 0.4) is 0 Å². The van der Waals surface area contributed by atoms with Crippen LogP contribution in [0.1, 0.15) is 44.9 Å². The van der Waals surface area contributed by atoms with Gasteiger partial charge >= 0.3 is 0 Å². The largest absolute Gasteiger partial charge is 0.302 e. The first-order chi connectivity index (χ1) is 12.8. The van der Waals surface area contributed by atoms with Crippen LogP contribution < -0.4 is 5.32 Å². The molecular formula is C22H24N2OS. The van der Waals surface area contributed by atoms with E-state index in [9.17, 15) is 4.79 Å². The summed E-state index contributed by atoms with van der Waals surface area (Å²) < 4.78 is 0. The van der Waals surface area contributed by atoms with Gasteiger partial charge in [0, 0.05) is 17.4 Å². The van der Waals surface area contributed by atoms with E-state index in [4.69, 9.17) is 0 Å². The molecule has 3 aromatic rings. The third kappa shape index (κ3) is 4.13. The van der Waals surface area contributed by atoms with E-state index in [1.807, 2.05) is 17.5 Å². The topological polar surface area (TPSA) is 42.0 Å². The van der Waals surface area contributed by atoms with Crippen molar-refractivity contribution < 1.29 is 4.79 Å². The van der Waals surface area contributed by atoms with Crippen LogP contribution in [0.2, 0.25) is 0 Å². The number of hydrogen-bond acceptors (Lipinski definition) is 3. The lowest BCUT2D eigenvalue weighted by atomic mass is 9.86. The van der Waals surface area contributed by atoms with Gasteiger partial charge < -0.3 is 5.32 Å². The monoisotopic (exact) mass is 364 g/mol. The van der Waals surface area contributed by atoms with Gasteiger partial charge in [-0.25, -0.2) is 4.98 Å². The first-order valence-electron chi connectivity index (χ1n) is 9.52. The minimum Gasteiger partial charge on any atom is -0.302 e. The molecule has 4 rings (SSSR count). The molecule has 1 fully saturated rings. The average molecular weight is 365 g/mol. The van der Waals surface area contributed by atoms with Crippen LogP contribution in [0.25, 0.3) is 22.0 Å². The minimum absolute atomic E-state index is 0.0926. The maximum atomic E-state index is 12.2. The quantitative estimate of drug-likeness (QED) is 0.580. The van der Waals surface area contributed by atoms with Gasteiger partial charge in [0.2, 0.25) is 5.91 Å². The molecule has 1 N–H and O–H groups in total. The molecule has 1 aliphatic carbocycles. The highest BCUT2D eigenvalue weighted by Crippen LogP contribution is 2.29. The molecule has 1 saturated carbocycles. The number of aromatic nitrogens is 1. The fourth-order valence-corrected chi connectivity index (χ4v) is 4.54. The lowest BCUT2D eigenvalue weighted by Crippen LogP contribution is -2.14. The highest BCUT2D eigenvalue weighted by molar-refractivity contribution is 7.14. The first kappa shape index (κ1) is 17.2. The first-order valence-corrected chi connectivity index (χ1v) is 10.4. The molecule has 2 aromatic carbocycles. The van der Waals surface area contributed by atoms with Gasteiger partial charge in [-0.15, -0.1) is 11.3 Å². The number of benzene rings is 2. The normalized spacial score (nSPS) is 15.2. The molecule has 0 saturated heterocycles. The molecule has 1 aliphatic rings. The Morgan fingerprint density at radius 3 is 2.73 bits per heavy atom. The third-order valence-corrected chi connectivity index (χ3v) is 6.06. The molecule has 4 heteroatoms. The predicted octanol–water partition coefficient (Wildman–Crippen LogP) is 6.26. The lowest BCUT2D eigenvalue weighted by Gasteiger charge is -2.20. The molecule has 0 atom stereocenters. The Morgan fingerprint density at radius 2 is 1.88 bits per heavy atom. The van der Waals surface area contributed by atoms with Crippen LogP contribution in [-0.4, -0.2) is 10.9 Å². The molecule has 0 spiro atoms. The maximum Gasteiger partial charge on any atom is 0.226 e. The summed E-state index contributed by atoms with van der Waals surface area (Å²) >= 11 is 1.50. The minimum atomic E-state index is 0.0926. The van der Waals surface area contributed by atoms with Crippen LogP contribution in [0, 0.1) is 5.92 Å². The number of thiazole rings is 1. The Balaban J connectivity index is 1.38. The van der Waals surface area contributed by atoms with Crippen LogP contribution >= 0.6 is 11.3 Å². The second-order valence-corrected chi connectivity index (χ2v) is 8.05. The van der Waals surface area contributed by atoms with Crippen molar-refractivity contribution in [3.63, 3.8) is 0 Å². The highest BCUT2D eigenvalue weighted by Gasteiger charge is 2.15. The van der Waals surface area contributed by atoms with Crippen molar-refractivity contribution >= 4 is 33.1 Å². The second-order valence-electron chi connectivity index (χ2n) is 7.19. The van der Waals surface area contributed by atoms with E-state index in [1.165, 1.54) is 54.2 Å². The van der Waals surface area contributed by atoms with Crippen molar-refractivity contribution in [2.45, 2.75) is 44.9 Å². The molecule has 26 heavy (non-hydrogen) atoms. The number of anilines is 1. The van der Waals surface area contributed by atoms with Gasteiger partial charge in [0.05, 0.1) is 5.69 Å². The van der Waals surface area contributed by atoms with E-state index < -0.39 is 0 Å². The van der Waals surface area contributed by atoms with E-state index in [2.05, 4.69) is 40.6 Å². The molecule has 3 nitrogen and oxygen atoms in total. The van der Waals surface area contributed by atoms with Gasteiger partial charge in [-0.1, -0.05) is 68.5 Å². The summed E-state index contributed by atoms with van der Waals surface area (Å²) in [5.74, 6) is 0.828. The van der Waals surface area contributed by atoms with Crippen LogP contribution in [0.5, 0.6) is 0 Å². The summed E-state index contributed by atoms with van der Waals surface area (Å²) in [5.41, 5.74) is 2.01. The summed E-state index contributed by atoms with van der Waals surface area (Å²) in [4.78, 5) is 16.8. The van der Waals surface area contributed by atoms with Gasteiger partial charge in [0.1, 0.15) is 0 Å². The summed E-state index contributed by atoms with van der Waals surface area (Å²) in [5, 5.41) is 8.12. The Hall–Kier alpha value is -2.20. The number of carbonyl (C=O) groups excluding carboxylic acids is 1.